The van der Waals surface area contributed by atoms with Gasteiger partial charge < -0.3 is 4.74 Å². The second kappa shape index (κ2) is 9.28. The van der Waals surface area contributed by atoms with E-state index >= 15 is 0 Å². The summed E-state index contributed by atoms with van der Waals surface area (Å²) in [7, 11) is 1.70. The molecule has 0 amide bonds. The van der Waals surface area contributed by atoms with Gasteiger partial charge in [0.15, 0.2) is 0 Å². The van der Waals surface area contributed by atoms with E-state index in [1.165, 1.54) is 27.1 Å². The van der Waals surface area contributed by atoms with Crippen molar-refractivity contribution < 1.29 is 9.53 Å². The van der Waals surface area contributed by atoms with E-state index in [1.54, 1.807) is 7.11 Å². The van der Waals surface area contributed by atoms with Crippen LogP contribution in [0.25, 0.3) is 0 Å². The molecule has 0 aliphatic heterocycles. The van der Waals surface area contributed by atoms with Gasteiger partial charge in [-0.2, -0.15) is 0 Å². The van der Waals surface area contributed by atoms with Crippen molar-refractivity contribution in [3.63, 3.8) is 0 Å². The lowest BCUT2D eigenvalue weighted by molar-refractivity contribution is -0.128. The highest BCUT2D eigenvalue weighted by Crippen LogP contribution is 2.42. The molecular formula is C25H34O2S. The maximum Gasteiger partial charge on any atom is 0.141 e. The fourth-order valence-corrected chi connectivity index (χ4v) is 4.75. The third-order valence-electron chi connectivity index (χ3n) is 5.17. The molecule has 152 valence electrons. The number of carbonyl (C=O) groups is 1. The first-order valence-electron chi connectivity index (χ1n) is 9.94. The minimum Gasteiger partial charge on any atom is -0.376 e. The van der Waals surface area contributed by atoms with Gasteiger partial charge in [-0.25, -0.2) is 0 Å². The molecule has 0 aliphatic rings. The molecule has 0 aliphatic carbocycles. The van der Waals surface area contributed by atoms with Crippen molar-refractivity contribution in [2.45, 2.75) is 71.1 Å². The van der Waals surface area contributed by atoms with Crippen LogP contribution in [-0.4, -0.2) is 12.9 Å². The summed E-state index contributed by atoms with van der Waals surface area (Å²) >= 11 is 1.88. The highest BCUT2D eigenvalue weighted by molar-refractivity contribution is 7.99. The highest BCUT2D eigenvalue weighted by Gasteiger charge is 2.27. The number of rotatable bonds is 7. The van der Waals surface area contributed by atoms with E-state index < -0.39 is 0 Å². The molecule has 0 spiro atoms. The van der Waals surface area contributed by atoms with Crippen LogP contribution in [0, 0.1) is 26.2 Å². The van der Waals surface area contributed by atoms with Gasteiger partial charge in [0.2, 0.25) is 0 Å². The van der Waals surface area contributed by atoms with Gasteiger partial charge in [0.25, 0.3) is 0 Å². The molecule has 0 aromatic heterocycles. The quantitative estimate of drug-likeness (QED) is 0.463. The predicted octanol–water partition coefficient (Wildman–Crippen LogP) is 7.16. The number of hydrogen-bond acceptors (Lipinski definition) is 3. The molecule has 28 heavy (non-hydrogen) atoms. The van der Waals surface area contributed by atoms with Gasteiger partial charge in [-0.3, -0.25) is 4.79 Å². The molecule has 2 aromatic rings. The van der Waals surface area contributed by atoms with E-state index in [0.29, 0.717) is 6.42 Å². The summed E-state index contributed by atoms with van der Waals surface area (Å²) < 4.78 is 5.78. The van der Waals surface area contributed by atoms with Crippen LogP contribution >= 0.6 is 11.8 Å². The summed E-state index contributed by atoms with van der Waals surface area (Å²) in [4.78, 5) is 14.0. The van der Waals surface area contributed by atoms with E-state index in [9.17, 15) is 4.79 Å². The van der Waals surface area contributed by atoms with Crippen molar-refractivity contribution in [3.8, 4) is 0 Å². The van der Waals surface area contributed by atoms with Gasteiger partial charge in [0.05, 0.1) is 6.10 Å². The van der Waals surface area contributed by atoms with Crippen molar-refractivity contribution in [2.75, 3.05) is 7.11 Å². The maximum atomic E-state index is 12.6. The largest absolute Gasteiger partial charge is 0.376 e. The van der Waals surface area contributed by atoms with Crippen LogP contribution in [0.4, 0.5) is 0 Å². The second-order valence-electron chi connectivity index (χ2n) is 8.72. The first-order valence-corrected chi connectivity index (χ1v) is 10.8. The van der Waals surface area contributed by atoms with Gasteiger partial charge in [0.1, 0.15) is 5.78 Å². The van der Waals surface area contributed by atoms with Gasteiger partial charge in [-0.1, -0.05) is 62.7 Å². The normalized spacial score (nSPS) is 14.0. The Morgan fingerprint density at radius 1 is 1.04 bits per heavy atom. The molecular weight excluding hydrogens is 364 g/mol. The van der Waals surface area contributed by atoms with Crippen LogP contribution < -0.4 is 0 Å². The van der Waals surface area contributed by atoms with E-state index in [4.69, 9.17) is 4.74 Å². The van der Waals surface area contributed by atoms with Crippen LogP contribution in [0.1, 0.15) is 73.3 Å². The average molecular weight is 399 g/mol. The lowest BCUT2D eigenvalue weighted by Gasteiger charge is -2.25. The molecule has 0 N–H and O–H groups in total. The molecule has 2 nitrogen and oxygen atoms in total. The van der Waals surface area contributed by atoms with Crippen LogP contribution in [0.3, 0.4) is 0 Å². The summed E-state index contributed by atoms with van der Waals surface area (Å²) in [6.45, 7) is 14.6. The highest BCUT2D eigenvalue weighted by atomic mass is 32.2. The van der Waals surface area contributed by atoms with Gasteiger partial charge in [-0.15, -0.1) is 11.8 Å². The zero-order valence-electron chi connectivity index (χ0n) is 18.6. The number of ketones is 1. The van der Waals surface area contributed by atoms with E-state index in [2.05, 4.69) is 58.0 Å². The fourth-order valence-electron chi connectivity index (χ4n) is 3.56. The Bertz CT molecular complexity index is 810. The average Bonchev–Trinajstić information content (AvgIpc) is 2.61. The standard InChI is InChI=1S/C25H34O2S/c1-16-13-17(2)24(18(3)14-16)28-19(4)20-11-9-10-12-21(20)22(27-8)15-23(26)25(5,6)7/h9-14,19,22H,15H2,1-8H3/t19-,22+/m0/s1. The molecule has 2 aromatic carbocycles. The Hall–Kier alpha value is -1.58. The number of thioether (sulfide) groups is 1. The Morgan fingerprint density at radius 2 is 1.57 bits per heavy atom. The van der Waals surface area contributed by atoms with Gasteiger partial charge >= 0.3 is 0 Å². The van der Waals surface area contributed by atoms with Crippen molar-refractivity contribution in [2.24, 2.45) is 5.41 Å². The molecule has 2 rings (SSSR count). The summed E-state index contributed by atoms with van der Waals surface area (Å²) in [6.07, 6.45) is 0.183. The SMILES string of the molecule is CO[C@H](CC(=O)C(C)(C)C)c1ccccc1[C@H](C)Sc1c(C)cc(C)cc1C. The Balaban J connectivity index is 2.33. The summed E-state index contributed by atoms with van der Waals surface area (Å²) in [5.41, 5.74) is 5.93. The number of aryl methyl sites for hydroxylation is 3. The van der Waals surface area contributed by atoms with E-state index in [-0.39, 0.29) is 22.6 Å². The zero-order valence-corrected chi connectivity index (χ0v) is 19.4. The second-order valence-corrected chi connectivity index (χ2v) is 10.1. The molecule has 3 heteroatoms. The Morgan fingerprint density at radius 3 is 2.07 bits per heavy atom. The van der Waals surface area contributed by atoms with Crippen molar-refractivity contribution in [1.82, 2.24) is 0 Å². The molecule has 0 fully saturated rings. The number of Topliss-reactive ketones (excluding diaryl/α,β-unsaturated/α-hetero) is 1. The summed E-state index contributed by atoms with van der Waals surface area (Å²) in [6, 6.07) is 12.9. The van der Waals surface area contributed by atoms with Crippen molar-refractivity contribution in [1.29, 1.82) is 0 Å². The third kappa shape index (κ3) is 5.48. The van der Waals surface area contributed by atoms with E-state index in [1.807, 2.05) is 38.6 Å². The Kier molecular flexibility index (Phi) is 7.52. The smallest absolute Gasteiger partial charge is 0.141 e. The fraction of sp³-hybridized carbons (Fsp3) is 0.480. The van der Waals surface area contributed by atoms with Crippen LogP contribution in [0.5, 0.6) is 0 Å². The lowest BCUT2D eigenvalue weighted by Crippen LogP contribution is -2.23. The number of ether oxygens (including phenoxy) is 1. The van der Waals surface area contributed by atoms with Crippen LogP contribution in [0.2, 0.25) is 0 Å². The van der Waals surface area contributed by atoms with Gasteiger partial charge in [-0.05, 0) is 49.9 Å². The first kappa shape index (κ1) is 22.7. The van der Waals surface area contributed by atoms with Crippen molar-refractivity contribution in [3.05, 3.63) is 64.2 Å². The maximum absolute atomic E-state index is 12.6. The minimum atomic E-state index is -0.359. The first-order chi connectivity index (χ1) is 13.0. The zero-order chi connectivity index (χ0) is 21.1. The van der Waals surface area contributed by atoms with Crippen LogP contribution in [0.15, 0.2) is 41.3 Å². The Labute approximate surface area is 175 Å². The number of carbonyl (C=O) groups excluding carboxylic acids is 1. The lowest BCUT2D eigenvalue weighted by atomic mass is 9.85. The monoisotopic (exact) mass is 398 g/mol. The molecule has 0 radical (unpaired) electrons. The van der Waals surface area contributed by atoms with Crippen molar-refractivity contribution >= 4 is 17.5 Å². The number of benzene rings is 2. The van der Waals surface area contributed by atoms with E-state index in [0.717, 1.165) is 5.56 Å². The number of methoxy groups -OCH3 is 1. The minimum absolute atomic E-state index is 0.216. The molecule has 0 bridgehead atoms. The third-order valence-corrected chi connectivity index (χ3v) is 6.66. The topological polar surface area (TPSA) is 26.3 Å². The molecule has 0 saturated heterocycles. The molecule has 0 heterocycles. The molecule has 0 saturated carbocycles. The predicted molar refractivity (Wildman–Crippen MR) is 120 cm³/mol. The number of hydrogen-bond donors (Lipinski definition) is 0. The van der Waals surface area contributed by atoms with Gasteiger partial charge in [0, 0.05) is 29.1 Å². The van der Waals surface area contributed by atoms with Crippen LogP contribution in [-0.2, 0) is 9.53 Å². The summed E-state index contributed by atoms with van der Waals surface area (Å²) in [5.74, 6) is 0.222. The summed E-state index contributed by atoms with van der Waals surface area (Å²) in [5, 5.41) is 0.263. The molecule has 0 unspecified atom stereocenters. The molecule has 2 atom stereocenters.